The smallest absolute Gasteiger partial charge is 0.127 e. The highest BCUT2D eigenvalue weighted by atomic mass is 16.5. The summed E-state index contributed by atoms with van der Waals surface area (Å²) in [5.41, 5.74) is 2.69. The molecule has 0 amide bonds. The Bertz CT molecular complexity index is 433. The first-order valence-corrected chi connectivity index (χ1v) is 8.23. The average Bonchev–Trinajstić information content (AvgIpc) is 2.51. The number of rotatable bonds is 8. The van der Waals surface area contributed by atoms with Crippen molar-refractivity contribution >= 4 is 0 Å². The van der Waals surface area contributed by atoms with E-state index in [1.165, 1.54) is 11.1 Å². The standard InChI is InChI=1S/C18H29NO2/c1-4-10-19-17(12-14(2)13-20-3)16-9-5-7-15-8-6-11-21-18(15)16/h5,7,9,14,17,19H,4,6,8,10-13H2,1-3H3. The number of ether oxygens (including phenoxy) is 2. The third-order valence-electron chi connectivity index (χ3n) is 4.07. The first kappa shape index (κ1) is 16.3. The van der Waals surface area contributed by atoms with Crippen molar-refractivity contribution in [2.24, 2.45) is 5.92 Å². The maximum atomic E-state index is 5.99. The van der Waals surface area contributed by atoms with Crippen LogP contribution in [0.15, 0.2) is 18.2 Å². The molecule has 0 saturated heterocycles. The number of nitrogens with one attached hydrogen (secondary N) is 1. The van der Waals surface area contributed by atoms with Crippen molar-refractivity contribution in [1.29, 1.82) is 0 Å². The number of para-hydroxylation sites is 1. The van der Waals surface area contributed by atoms with Crippen molar-refractivity contribution in [3.63, 3.8) is 0 Å². The summed E-state index contributed by atoms with van der Waals surface area (Å²) >= 11 is 0. The summed E-state index contributed by atoms with van der Waals surface area (Å²) in [6.45, 7) is 7.15. The van der Waals surface area contributed by atoms with Crippen LogP contribution in [0.2, 0.25) is 0 Å². The van der Waals surface area contributed by atoms with Gasteiger partial charge in [0.25, 0.3) is 0 Å². The zero-order valence-corrected chi connectivity index (χ0v) is 13.7. The van der Waals surface area contributed by atoms with Crippen LogP contribution in [0.5, 0.6) is 5.75 Å². The van der Waals surface area contributed by atoms with Gasteiger partial charge in [-0.25, -0.2) is 0 Å². The lowest BCUT2D eigenvalue weighted by Gasteiger charge is -2.27. The summed E-state index contributed by atoms with van der Waals surface area (Å²) in [5.74, 6) is 1.66. The monoisotopic (exact) mass is 291 g/mol. The Morgan fingerprint density at radius 3 is 3.00 bits per heavy atom. The third-order valence-corrected chi connectivity index (χ3v) is 4.07. The van der Waals surface area contributed by atoms with Gasteiger partial charge in [0.15, 0.2) is 0 Å². The van der Waals surface area contributed by atoms with Crippen molar-refractivity contribution in [2.75, 3.05) is 26.9 Å². The predicted molar refractivity (Wildman–Crippen MR) is 86.9 cm³/mol. The summed E-state index contributed by atoms with van der Waals surface area (Å²) in [5, 5.41) is 3.69. The second-order valence-corrected chi connectivity index (χ2v) is 6.09. The number of aryl methyl sites for hydroxylation is 1. The number of fused-ring (bicyclic) bond motifs is 1. The van der Waals surface area contributed by atoms with Gasteiger partial charge in [-0.3, -0.25) is 0 Å². The van der Waals surface area contributed by atoms with Gasteiger partial charge in [0.1, 0.15) is 5.75 Å². The summed E-state index contributed by atoms with van der Waals surface area (Å²) in [6, 6.07) is 6.94. The third kappa shape index (κ3) is 4.45. The minimum absolute atomic E-state index is 0.350. The van der Waals surface area contributed by atoms with E-state index in [0.29, 0.717) is 12.0 Å². The van der Waals surface area contributed by atoms with Crippen molar-refractivity contribution in [3.05, 3.63) is 29.3 Å². The van der Waals surface area contributed by atoms with Crippen molar-refractivity contribution in [3.8, 4) is 5.75 Å². The van der Waals surface area contributed by atoms with Crippen LogP contribution >= 0.6 is 0 Å². The number of hydrogen-bond acceptors (Lipinski definition) is 3. The van der Waals surface area contributed by atoms with E-state index in [4.69, 9.17) is 9.47 Å². The van der Waals surface area contributed by atoms with Crippen LogP contribution in [0.4, 0.5) is 0 Å². The maximum absolute atomic E-state index is 5.99. The molecule has 21 heavy (non-hydrogen) atoms. The SMILES string of the molecule is CCCNC(CC(C)COC)c1cccc2c1OCCC2. The Morgan fingerprint density at radius 1 is 1.38 bits per heavy atom. The molecule has 0 aliphatic carbocycles. The molecule has 2 unspecified atom stereocenters. The number of methoxy groups -OCH3 is 1. The average molecular weight is 291 g/mol. The van der Waals surface area contributed by atoms with Gasteiger partial charge in [-0.1, -0.05) is 32.0 Å². The van der Waals surface area contributed by atoms with Crippen LogP contribution in [0.3, 0.4) is 0 Å². The molecule has 3 nitrogen and oxygen atoms in total. The fourth-order valence-corrected chi connectivity index (χ4v) is 3.08. The summed E-state index contributed by atoms with van der Waals surface area (Å²) < 4.78 is 11.3. The van der Waals surface area contributed by atoms with E-state index >= 15 is 0 Å². The lowest BCUT2D eigenvalue weighted by molar-refractivity contribution is 0.149. The molecular formula is C18H29NO2. The minimum atomic E-state index is 0.350. The highest BCUT2D eigenvalue weighted by Gasteiger charge is 2.22. The minimum Gasteiger partial charge on any atom is -0.493 e. The Kier molecular flexibility index (Phi) is 6.52. The van der Waals surface area contributed by atoms with Crippen molar-refractivity contribution in [2.45, 2.75) is 45.6 Å². The maximum Gasteiger partial charge on any atom is 0.127 e. The van der Waals surface area contributed by atoms with E-state index in [-0.39, 0.29) is 0 Å². The van der Waals surface area contributed by atoms with E-state index in [1.54, 1.807) is 7.11 Å². The highest BCUT2D eigenvalue weighted by Crippen LogP contribution is 2.35. The van der Waals surface area contributed by atoms with Gasteiger partial charge in [-0.2, -0.15) is 0 Å². The number of benzene rings is 1. The summed E-state index contributed by atoms with van der Waals surface area (Å²) in [7, 11) is 1.78. The molecule has 0 bridgehead atoms. The normalized spacial score (nSPS) is 16.9. The summed E-state index contributed by atoms with van der Waals surface area (Å²) in [6.07, 6.45) is 4.49. The lowest BCUT2D eigenvalue weighted by Crippen LogP contribution is -2.26. The molecule has 2 rings (SSSR count). The van der Waals surface area contributed by atoms with Crippen LogP contribution in [-0.4, -0.2) is 26.9 Å². The first-order chi connectivity index (χ1) is 10.3. The zero-order chi connectivity index (χ0) is 15.1. The Balaban J connectivity index is 2.19. The van der Waals surface area contributed by atoms with Crippen LogP contribution in [-0.2, 0) is 11.2 Å². The van der Waals surface area contributed by atoms with Crippen LogP contribution in [0.1, 0.15) is 50.3 Å². The molecule has 1 heterocycles. The van der Waals surface area contributed by atoms with Crippen molar-refractivity contribution < 1.29 is 9.47 Å². The Hall–Kier alpha value is -1.06. The van der Waals surface area contributed by atoms with Gasteiger partial charge in [-0.05, 0) is 43.7 Å². The van der Waals surface area contributed by atoms with Gasteiger partial charge in [0.05, 0.1) is 6.61 Å². The predicted octanol–water partition coefficient (Wildman–Crippen LogP) is 3.72. The molecular weight excluding hydrogens is 262 g/mol. The molecule has 0 spiro atoms. The van der Waals surface area contributed by atoms with E-state index in [0.717, 1.165) is 51.2 Å². The van der Waals surface area contributed by atoms with E-state index in [1.807, 2.05) is 0 Å². The van der Waals surface area contributed by atoms with Gasteiger partial charge in [-0.15, -0.1) is 0 Å². The molecule has 0 aromatic heterocycles. The topological polar surface area (TPSA) is 30.5 Å². The Labute approximate surface area is 129 Å². The van der Waals surface area contributed by atoms with Gasteiger partial charge in [0, 0.05) is 25.3 Å². The molecule has 118 valence electrons. The van der Waals surface area contributed by atoms with E-state index in [2.05, 4.69) is 37.4 Å². The molecule has 1 N–H and O–H groups in total. The lowest BCUT2D eigenvalue weighted by atomic mass is 9.92. The second kappa shape index (κ2) is 8.40. The summed E-state index contributed by atoms with van der Waals surface area (Å²) in [4.78, 5) is 0. The molecule has 3 heteroatoms. The molecule has 0 radical (unpaired) electrons. The molecule has 1 aromatic rings. The molecule has 2 atom stereocenters. The molecule has 0 saturated carbocycles. The van der Waals surface area contributed by atoms with Crippen molar-refractivity contribution in [1.82, 2.24) is 5.32 Å². The quantitative estimate of drug-likeness (QED) is 0.791. The second-order valence-electron chi connectivity index (χ2n) is 6.09. The highest BCUT2D eigenvalue weighted by molar-refractivity contribution is 5.44. The first-order valence-electron chi connectivity index (χ1n) is 8.23. The molecule has 0 fully saturated rings. The van der Waals surface area contributed by atoms with E-state index in [9.17, 15) is 0 Å². The Morgan fingerprint density at radius 2 is 2.24 bits per heavy atom. The molecule has 1 aliphatic heterocycles. The fraction of sp³-hybridized carbons (Fsp3) is 0.667. The van der Waals surface area contributed by atoms with Crippen LogP contribution < -0.4 is 10.1 Å². The van der Waals surface area contributed by atoms with Crippen LogP contribution in [0.25, 0.3) is 0 Å². The largest absolute Gasteiger partial charge is 0.493 e. The van der Waals surface area contributed by atoms with Gasteiger partial charge < -0.3 is 14.8 Å². The van der Waals surface area contributed by atoms with Crippen LogP contribution in [0, 0.1) is 5.92 Å². The van der Waals surface area contributed by atoms with Gasteiger partial charge in [0.2, 0.25) is 0 Å². The van der Waals surface area contributed by atoms with E-state index < -0.39 is 0 Å². The fourth-order valence-electron chi connectivity index (χ4n) is 3.08. The van der Waals surface area contributed by atoms with Gasteiger partial charge >= 0.3 is 0 Å². The zero-order valence-electron chi connectivity index (χ0n) is 13.7. The molecule has 1 aliphatic rings. The number of hydrogen-bond donors (Lipinski definition) is 1. The molecule has 1 aromatic carbocycles.